The Morgan fingerprint density at radius 2 is 1.63 bits per heavy atom. The van der Waals surface area contributed by atoms with Crippen LogP contribution in [0.25, 0.3) is 5.69 Å². The summed E-state index contributed by atoms with van der Waals surface area (Å²) in [6.45, 7) is 0.428. The third kappa shape index (κ3) is 5.46. The fourth-order valence-corrected chi connectivity index (χ4v) is 3.40. The van der Waals surface area contributed by atoms with E-state index in [1.165, 1.54) is 13.8 Å². The Labute approximate surface area is 166 Å². The van der Waals surface area contributed by atoms with Gasteiger partial charge in [0.1, 0.15) is 17.3 Å². The van der Waals surface area contributed by atoms with Crippen LogP contribution in [0.15, 0.2) is 23.1 Å². The Morgan fingerprint density at radius 3 is 2.17 bits per heavy atom. The van der Waals surface area contributed by atoms with Crippen molar-refractivity contribution >= 4 is 10.8 Å². The Balaban J connectivity index is 2.36. The van der Waals surface area contributed by atoms with Crippen molar-refractivity contribution in [1.29, 1.82) is 0 Å². The summed E-state index contributed by atoms with van der Waals surface area (Å²) in [6, 6.07) is 2.57. The average Bonchev–Trinajstić information content (AvgIpc) is 2.91. The monoisotopic (exact) mass is 468 g/mol. The van der Waals surface area contributed by atoms with Gasteiger partial charge in [-0.25, -0.2) is 9.07 Å². The van der Waals surface area contributed by atoms with Crippen LogP contribution in [0.2, 0.25) is 0 Å². The topological polar surface area (TPSA) is 44.1 Å². The first kappa shape index (κ1) is 24.0. The summed E-state index contributed by atoms with van der Waals surface area (Å²) in [7, 11) is -2.57. The van der Waals surface area contributed by atoms with E-state index in [1.54, 1.807) is 0 Å². The van der Waals surface area contributed by atoms with E-state index in [9.17, 15) is 43.7 Å². The molecule has 0 aliphatic heterocycles. The Bertz CT molecular complexity index is 951. The molecule has 0 spiro atoms. The number of aromatic nitrogens is 2. The van der Waals surface area contributed by atoms with Gasteiger partial charge in [0.25, 0.3) is 0 Å². The SMILES string of the molecule is Cc1cc(F)c(-n2nc(OCC(F)(F)C(F)(F)F)cc2C)cc1S(=O)CC(F)(F)F. The van der Waals surface area contributed by atoms with Crippen LogP contribution < -0.4 is 4.74 Å². The van der Waals surface area contributed by atoms with Crippen LogP contribution in [0.5, 0.6) is 5.88 Å². The summed E-state index contributed by atoms with van der Waals surface area (Å²) in [5, 5.41) is 3.56. The van der Waals surface area contributed by atoms with Crippen LogP contribution >= 0.6 is 0 Å². The maximum absolute atomic E-state index is 14.3. The number of rotatable bonds is 6. The summed E-state index contributed by atoms with van der Waals surface area (Å²) in [5.74, 6) is -8.55. The van der Waals surface area contributed by atoms with E-state index < -0.39 is 58.8 Å². The third-order valence-corrected chi connectivity index (χ3v) is 5.21. The molecule has 0 amide bonds. The number of ether oxygens (including phenoxy) is 1. The highest BCUT2D eigenvalue weighted by molar-refractivity contribution is 7.85. The highest BCUT2D eigenvalue weighted by Crippen LogP contribution is 2.36. The second-order valence-electron chi connectivity index (χ2n) is 6.20. The molecule has 1 aromatic heterocycles. The number of hydrogen-bond donors (Lipinski definition) is 0. The van der Waals surface area contributed by atoms with E-state index in [2.05, 4.69) is 9.84 Å². The number of nitrogens with zero attached hydrogens (tertiary/aromatic N) is 2. The molecule has 1 unspecified atom stereocenters. The fraction of sp³-hybridized carbons (Fsp3) is 0.438. The Morgan fingerprint density at radius 1 is 1.03 bits per heavy atom. The molecule has 30 heavy (non-hydrogen) atoms. The number of halogens is 9. The molecule has 0 saturated carbocycles. The van der Waals surface area contributed by atoms with Crippen molar-refractivity contribution in [2.24, 2.45) is 0 Å². The maximum Gasteiger partial charge on any atom is 0.456 e. The lowest BCUT2D eigenvalue weighted by Gasteiger charge is -2.18. The molecule has 0 radical (unpaired) electrons. The van der Waals surface area contributed by atoms with E-state index in [1.807, 2.05) is 0 Å². The van der Waals surface area contributed by atoms with Gasteiger partial charge < -0.3 is 4.74 Å². The molecule has 1 aromatic carbocycles. The van der Waals surface area contributed by atoms with Crippen LogP contribution in [0, 0.1) is 19.7 Å². The second kappa shape index (κ2) is 8.12. The van der Waals surface area contributed by atoms with Crippen molar-refractivity contribution in [3.8, 4) is 11.6 Å². The van der Waals surface area contributed by atoms with Crippen LogP contribution in [0.4, 0.5) is 39.5 Å². The number of hydrogen-bond acceptors (Lipinski definition) is 3. The molecule has 2 rings (SSSR count). The zero-order chi connectivity index (χ0) is 23.1. The van der Waals surface area contributed by atoms with Crippen molar-refractivity contribution in [3.63, 3.8) is 0 Å². The van der Waals surface area contributed by atoms with E-state index in [-0.39, 0.29) is 16.2 Å². The predicted octanol–water partition coefficient (Wildman–Crippen LogP) is 4.87. The van der Waals surface area contributed by atoms with Crippen molar-refractivity contribution < 1.29 is 48.5 Å². The van der Waals surface area contributed by atoms with Gasteiger partial charge in [0.15, 0.2) is 6.61 Å². The van der Waals surface area contributed by atoms with Crippen molar-refractivity contribution in [3.05, 3.63) is 35.3 Å². The zero-order valence-electron chi connectivity index (χ0n) is 15.2. The largest absolute Gasteiger partial charge is 0.470 e. The summed E-state index contributed by atoms with van der Waals surface area (Å²) < 4.78 is 131. The molecule has 4 nitrogen and oxygen atoms in total. The smallest absolute Gasteiger partial charge is 0.456 e. The van der Waals surface area contributed by atoms with Crippen molar-refractivity contribution in [1.82, 2.24) is 9.78 Å². The van der Waals surface area contributed by atoms with Gasteiger partial charge in [-0.15, -0.1) is 5.10 Å². The van der Waals surface area contributed by atoms with Crippen molar-refractivity contribution in [2.75, 3.05) is 12.4 Å². The van der Waals surface area contributed by atoms with Gasteiger partial charge in [-0.3, -0.25) is 4.21 Å². The molecule has 0 aliphatic rings. The lowest BCUT2D eigenvalue weighted by atomic mass is 10.2. The molecule has 168 valence electrons. The fourth-order valence-electron chi connectivity index (χ4n) is 2.28. The van der Waals surface area contributed by atoms with Gasteiger partial charge in [-0.1, -0.05) is 0 Å². The lowest BCUT2D eigenvalue weighted by Crippen LogP contribution is -2.41. The normalized spacial score (nSPS) is 14.1. The van der Waals surface area contributed by atoms with Gasteiger partial charge in [-0.2, -0.15) is 35.1 Å². The van der Waals surface area contributed by atoms with E-state index in [0.29, 0.717) is 0 Å². The minimum absolute atomic E-state index is 0.00984. The van der Waals surface area contributed by atoms with Crippen LogP contribution in [0.1, 0.15) is 11.3 Å². The molecular weight excluding hydrogens is 455 g/mol. The summed E-state index contributed by atoms with van der Waals surface area (Å²) in [5.41, 5.74) is -0.512. The zero-order valence-corrected chi connectivity index (χ0v) is 16.0. The van der Waals surface area contributed by atoms with E-state index >= 15 is 0 Å². The molecule has 14 heteroatoms. The van der Waals surface area contributed by atoms with E-state index in [0.717, 1.165) is 22.9 Å². The van der Waals surface area contributed by atoms with Gasteiger partial charge in [0.05, 0.1) is 10.8 Å². The molecule has 1 atom stereocenters. The van der Waals surface area contributed by atoms with E-state index in [4.69, 9.17) is 0 Å². The Kier molecular flexibility index (Phi) is 6.50. The van der Waals surface area contributed by atoms with Gasteiger partial charge in [0.2, 0.25) is 5.88 Å². The minimum atomic E-state index is -5.86. The highest BCUT2D eigenvalue weighted by Gasteiger charge is 2.58. The van der Waals surface area contributed by atoms with Crippen LogP contribution in [-0.4, -0.2) is 44.6 Å². The van der Waals surface area contributed by atoms with Crippen LogP contribution in [0.3, 0.4) is 0 Å². The summed E-state index contributed by atoms with van der Waals surface area (Å²) >= 11 is 0. The van der Waals surface area contributed by atoms with Gasteiger partial charge >= 0.3 is 18.3 Å². The first-order valence-corrected chi connectivity index (χ1v) is 9.23. The second-order valence-corrected chi connectivity index (χ2v) is 7.62. The number of benzene rings is 1. The van der Waals surface area contributed by atoms with Gasteiger partial charge in [0, 0.05) is 16.7 Å². The van der Waals surface area contributed by atoms with Crippen molar-refractivity contribution in [2.45, 2.75) is 37.0 Å². The quantitative estimate of drug-likeness (QED) is 0.568. The van der Waals surface area contributed by atoms with Crippen LogP contribution in [-0.2, 0) is 10.8 Å². The first-order chi connectivity index (χ1) is 13.5. The summed E-state index contributed by atoms with van der Waals surface area (Å²) in [6.07, 6.45) is -10.6. The molecule has 0 aliphatic carbocycles. The number of aryl methyl sites for hydroxylation is 2. The summed E-state index contributed by atoms with van der Waals surface area (Å²) in [4.78, 5) is -0.343. The molecule has 0 bridgehead atoms. The maximum atomic E-state index is 14.3. The minimum Gasteiger partial charge on any atom is -0.470 e. The predicted molar refractivity (Wildman–Crippen MR) is 86.8 cm³/mol. The molecule has 1 heterocycles. The average molecular weight is 468 g/mol. The molecular formula is C16H13F9N2O2S. The highest BCUT2D eigenvalue weighted by atomic mass is 32.2. The first-order valence-electron chi connectivity index (χ1n) is 7.91. The molecule has 0 saturated heterocycles. The molecule has 0 N–H and O–H groups in total. The lowest BCUT2D eigenvalue weighted by molar-refractivity contribution is -0.290. The molecule has 0 fully saturated rings. The number of alkyl halides is 8. The van der Waals surface area contributed by atoms with Gasteiger partial charge in [-0.05, 0) is 31.5 Å². The third-order valence-electron chi connectivity index (χ3n) is 3.69. The molecule has 2 aromatic rings. The standard InChI is InChI=1S/C16H13F9N2O2S/c1-8-3-10(17)11(5-12(8)30(28)7-15(20,21)22)27-9(2)4-13(26-27)29-6-14(18,19)16(23,24)25/h3-5H,6-7H2,1-2H3. The Hall–Kier alpha value is -2.25.